The second kappa shape index (κ2) is 5.30. The number of benzene rings is 1. The van der Waals surface area contributed by atoms with Crippen molar-refractivity contribution in [2.75, 3.05) is 14.1 Å². The molecule has 3 heteroatoms. The van der Waals surface area contributed by atoms with Crippen molar-refractivity contribution in [3.63, 3.8) is 0 Å². The average Bonchev–Trinajstić information content (AvgIpc) is 2.24. The van der Waals surface area contributed by atoms with Crippen LogP contribution < -0.4 is 10.6 Å². The minimum atomic E-state index is 0.0142. The van der Waals surface area contributed by atoms with E-state index in [4.69, 9.17) is 0 Å². The van der Waals surface area contributed by atoms with Gasteiger partial charge in [0.1, 0.15) is 0 Å². The Balaban J connectivity index is 3.18. The molecule has 0 bridgehead atoms. The van der Waals surface area contributed by atoms with E-state index in [1.807, 2.05) is 14.1 Å². The first-order valence-corrected chi connectivity index (χ1v) is 6.34. The second-order valence-corrected chi connectivity index (χ2v) is 5.61. The molecule has 0 saturated heterocycles. The molecule has 0 fully saturated rings. The van der Waals surface area contributed by atoms with E-state index < -0.39 is 0 Å². The van der Waals surface area contributed by atoms with Gasteiger partial charge in [0.2, 0.25) is 0 Å². The molecule has 0 aliphatic heterocycles. The minimum absolute atomic E-state index is 0.0142. The molecule has 90 valence electrons. The zero-order chi connectivity index (χ0) is 12.3. The predicted molar refractivity (Wildman–Crippen MR) is 73.8 cm³/mol. The van der Waals surface area contributed by atoms with E-state index in [0.29, 0.717) is 0 Å². The Labute approximate surface area is 107 Å². The largest absolute Gasteiger partial charge is 0.313 e. The molecule has 0 radical (unpaired) electrons. The Bertz CT molecular complexity index is 361. The molecule has 1 atom stereocenters. The zero-order valence-corrected chi connectivity index (χ0v) is 12.3. The fourth-order valence-corrected chi connectivity index (χ4v) is 2.35. The van der Waals surface area contributed by atoms with Gasteiger partial charge in [-0.15, -0.1) is 0 Å². The summed E-state index contributed by atoms with van der Waals surface area (Å²) in [5.74, 6) is 0. The number of rotatable bonds is 4. The summed E-state index contributed by atoms with van der Waals surface area (Å²) in [6, 6.07) is 6.71. The highest BCUT2D eigenvalue weighted by Crippen LogP contribution is 2.29. The smallest absolute Gasteiger partial charge is 0.0500 e. The molecule has 0 heterocycles. The van der Waals surface area contributed by atoms with Crippen molar-refractivity contribution in [1.82, 2.24) is 10.6 Å². The maximum absolute atomic E-state index is 3.53. The van der Waals surface area contributed by atoms with E-state index in [1.165, 1.54) is 11.1 Å². The number of halogens is 1. The first-order valence-electron chi connectivity index (χ1n) is 5.54. The van der Waals surface area contributed by atoms with Gasteiger partial charge >= 0.3 is 0 Å². The molecule has 0 aliphatic rings. The molecular formula is C13H21BrN2. The molecule has 0 aliphatic carbocycles. The third kappa shape index (κ3) is 2.84. The number of nitrogens with one attached hydrogen (secondary N) is 2. The van der Waals surface area contributed by atoms with Crippen LogP contribution in [0.4, 0.5) is 0 Å². The molecule has 0 aromatic heterocycles. The van der Waals surface area contributed by atoms with Gasteiger partial charge in [-0.3, -0.25) is 0 Å². The van der Waals surface area contributed by atoms with E-state index in [9.17, 15) is 0 Å². The van der Waals surface area contributed by atoms with E-state index >= 15 is 0 Å². The van der Waals surface area contributed by atoms with E-state index in [0.717, 1.165) is 4.47 Å². The first kappa shape index (κ1) is 13.7. The van der Waals surface area contributed by atoms with Gasteiger partial charge in [-0.1, -0.05) is 22.0 Å². The maximum Gasteiger partial charge on any atom is 0.0500 e. The Kier molecular flexibility index (Phi) is 4.53. The van der Waals surface area contributed by atoms with Gasteiger partial charge in [0.15, 0.2) is 0 Å². The van der Waals surface area contributed by atoms with Gasteiger partial charge in [-0.2, -0.15) is 0 Å². The van der Waals surface area contributed by atoms with Crippen LogP contribution in [0.2, 0.25) is 0 Å². The van der Waals surface area contributed by atoms with Crippen LogP contribution in [0.1, 0.15) is 31.0 Å². The average molecular weight is 285 g/mol. The topological polar surface area (TPSA) is 24.1 Å². The molecule has 16 heavy (non-hydrogen) atoms. The highest BCUT2D eigenvalue weighted by atomic mass is 79.9. The van der Waals surface area contributed by atoms with Gasteiger partial charge in [-0.05, 0) is 58.1 Å². The lowest BCUT2D eigenvalue weighted by atomic mass is 9.86. The highest BCUT2D eigenvalue weighted by molar-refractivity contribution is 9.10. The Morgan fingerprint density at radius 3 is 2.38 bits per heavy atom. The van der Waals surface area contributed by atoms with Crippen LogP contribution in [0.5, 0.6) is 0 Å². The van der Waals surface area contributed by atoms with Crippen molar-refractivity contribution in [2.45, 2.75) is 32.4 Å². The lowest BCUT2D eigenvalue weighted by Gasteiger charge is -2.35. The van der Waals surface area contributed by atoms with E-state index in [1.54, 1.807) is 0 Å². The van der Waals surface area contributed by atoms with E-state index in [2.05, 4.69) is 65.5 Å². The lowest BCUT2D eigenvalue weighted by Crippen LogP contribution is -2.47. The van der Waals surface area contributed by atoms with Gasteiger partial charge in [0.25, 0.3) is 0 Å². The molecule has 1 rings (SSSR count). The van der Waals surface area contributed by atoms with Gasteiger partial charge in [0.05, 0.1) is 0 Å². The second-order valence-electron chi connectivity index (χ2n) is 4.69. The zero-order valence-electron chi connectivity index (χ0n) is 10.7. The minimum Gasteiger partial charge on any atom is -0.313 e. The molecule has 1 aromatic rings. The molecule has 0 saturated carbocycles. The summed E-state index contributed by atoms with van der Waals surface area (Å²) >= 11 is 3.53. The number of hydrogen-bond donors (Lipinski definition) is 2. The van der Waals surface area contributed by atoms with Crippen molar-refractivity contribution < 1.29 is 0 Å². The monoisotopic (exact) mass is 284 g/mol. The predicted octanol–water partition coefficient (Wildman–Crippen LogP) is 3.02. The SMILES string of the molecule is CNC(c1cc(Br)ccc1C)C(C)(C)NC. The first-order chi connectivity index (χ1) is 7.42. The molecular weight excluding hydrogens is 264 g/mol. The number of likely N-dealkylation sites (N-methyl/N-ethyl adjacent to an activating group) is 2. The van der Waals surface area contributed by atoms with Crippen molar-refractivity contribution in [3.05, 3.63) is 33.8 Å². The highest BCUT2D eigenvalue weighted by Gasteiger charge is 2.28. The summed E-state index contributed by atoms with van der Waals surface area (Å²) in [7, 11) is 4.00. The fraction of sp³-hybridized carbons (Fsp3) is 0.538. The van der Waals surface area contributed by atoms with Gasteiger partial charge in [0, 0.05) is 16.1 Å². The van der Waals surface area contributed by atoms with Crippen LogP contribution in [-0.4, -0.2) is 19.6 Å². The molecule has 0 amide bonds. The summed E-state index contributed by atoms with van der Waals surface area (Å²) in [6.07, 6.45) is 0. The summed E-state index contributed by atoms with van der Waals surface area (Å²) in [4.78, 5) is 0. The summed E-state index contributed by atoms with van der Waals surface area (Å²) in [6.45, 7) is 6.56. The molecule has 2 N–H and O–H groups in total. The summed E-state index contributed by atoms with van der Waals surface area (Å²) in [5.41, 5.74) is 2.66. The van der Waals surface area contributed by atoms with Crippen LogP contribution >= 0.6 is 15.9 Å². The quantitative estimate of drug-likeness (QED) is 0.888. The van der Waals surface area contributed by atoms with Crippen LogP contribution in [0.25, 0.3) is 0 Å². The Morgan fingerprint density at radius 1 is 1.25 bits per heavy atom. The fourth-order valence-electron chi connectivity index (χ4n) is 1.97. The molecule has 2 nitrogen and oxygen atoms in total. The normalized spacial score (nSPS) is 13.9. The van der Waals surface area contributed by atoms with Crippen molar-refractivity contribution in [3.8, 4) is 0 Å². The van der Waals surface area contributed by atoms with Crippen molar-refractivity contribution in [2.24, 2.45) is 0 Å². The number of aryl methyl sites for hydroxylation is 1. The summed E-state index contributed by atoms with van der Waals surface area (Å²) in [5, 5.41) is 6.75. The third-order valence-electron chi connectivity index (χ3n) is 3.21. The third-order valence-corrected chi connectivity index (χ3v) is 3.70. The molecule has 0 spiro atoms. The number of hydrogen-bond acceptors (Lipinski definition) is 2. The molecule has 1 unspecified atom stereocenters. The summed E-state index contributed by atoms with van der Waals surface area (Å²) < 4.78 is 1.13. The van der Waals surface area contributed by atoms with Crippen molar-refractivity contribution in [1.29, 1.82) is 0 Å². The molecule has 1 aromatic carbocycles. The Morgan fingerprint density at radius 2 is 1.88 bits per heavy atom. The maximum atomic E-state index is 3.53. The van der Waals surface area contributed by atoms with Crippen LogP contribution in [-0.2, 0) is 0 Å². The van der Waals surface area contributed by atoms with Gasteiger partial charge < -0.3 is 10.6 Å². The van der Waals surface area contributed by atoms with Crippen molar-refractivity contribution >= 4 is 15.9 Å². The van der Waals surface area contributed by atoms with Crippen LogP contribution in [0.3, 0.4) is 0 Å². The lowest BCUT2D eigenvalue weighted by molar-refractivity contribution is 0.310. The standard InChI is InChI=1S/C13H21BrN2/c1-9-6-7-10(14)8-11(9)12(15-4)13(2,3)16-5/h6-8,12,15-16H,1-5H3. The van der Waals surface area contributed by atoms with Gasteiger partial charge in [-0.25, -0.2) is 0 Å². The van der Waals surface area contributed by atoms with E-state index in [-0.39, 0.29) is 11.6 Å². The van der Waals surface area contributed by atoms with Crippen LogP contribution in [0, 0.1) is 6.92 Å². The Hall–Kier alpha value is -0.380. The van der Waals surface area contributed by atoms with Crippen LogP contribution in [0.15, 0.2) is 22.7 Å².